The van der Waals surface area contributed by atoms with Crippen molar-refractivity contribution in [3.8, 4) is 0 Å². The highest BCUT2D eigenvalue weighted by atomic mass is 16.6. The number of nitrogens with one attached hydrogen (secondary N) is 1. The monoisotopic (exact) mass is 342 g/mol. The van der Waals surface area contributed by atoms with E-state index in [9.17, 15) is 14.9 Å². The predicted molar refractivity (Wildman–Crippen MR) is 94.7 cm³/mol. The fourth-order valence-corrected chi connectivity index (χ4v) is 4.11. The van der Waals surface area contributed by atoms with E-state index in [0.29, 0.717) is 17.0 Å². The predicted octanol–water partition coefficient (Wildman–Crippen LogP) is 2.78. The van der Waals surface area contributed by atoms with E-state index < -0.39 is 4.92 Å². The third kappa shape index (κ3) is 3.00. The van der Waals surface area contributed by atoms with Gasteiger partial charge >= 0.3 is 0 Å². The Morgan fingerprint density at radius 2 is 2.00 bits per heavy atom. The van der Waals surface area contributed by atoms with Gasteiger partial charge in [0.05, 0.1) is 10.5 Å². The van der Waals surface area contributed by atoms with Gasteiger partial charge in [-0.25, -0.2) is 0 Å². The summed E-state index contributed by atoms with van der Waals surface area (Å²) in [5, 5.41) is 11.7. The number of carbonyl (C=O) groups excluding carboxylic acids is 1. The maximum Gasteiger partial charge on any atom is 0.270 e. The lowest BCUT2D eigenvalue weighted by atomic mass is 10.0. The Morgan fingerprint density at radius 3 is 2.76 bits per heavy atom. The van der Waals surface area contributed by atoms with E-state index in [2.05, 4.69) is 9.88 Å². The first-order chi connectivity index (χ1) is 12.1. The van der Waals surface area contributed by atoms with Gasteiger partial charge in [-0.3, -0.25) is 19.8 Å². The molecule has 0 bridgehead atoms. The Hall–Kier alpha value is -2.41. The molecule has 2 saturated heterocycles. The molecule has 1 aromatic carbocycles. The second kappa shape index (κ2) is 6.48. The molecule has 2 aromatic rings. The van der Waals surface area contributed by atoms with Gasteiger partial charge in [0, 0.05) is 48.4 Å². The topological polar surface area (TPSA) is 82.5 Å². The number of non-ortho nitro benzene ring substituents is 1. The summed E-state index contributed by atoms with van der Waals surface area (Å²) in [6.07, 6.45) is 6.32. The van der Waals surface area contributed by atoms with E-state index in [1.165, 1.54) is 25.0 Å². The molecule has 4 rings (SSSR count). The SMILES string of the molecule is O=C(c1c[nH]c2ccc([N+](=O)[O-])cc12)N1CCC[C@H](N2CCCC2)C1. The highest BCUT2D eigenvalue weighted by Crippen LogP contribution is 2.27. The molecule has 132 valence electrons. The van der Waals surface area contributed by atoms with Crippen LogP contribution < -0.4 is 0 Å². The van der Waals surface area contributed by atoms with Crippen molar-refractivity contribution in [1.29, 1.82) is 0 Å². The van der Waals surface area contributed by atoms with Crippen LogP contribution in [0.4, 0.5) is 5.69 Å². The van der Waals surface area contributed by atoms with E-state index in [4.69, 9.17) is 0 Å². The number of benzene rings is 1. The van der Waals surface area contributed by atoms with Crippen molar-refractivity contribution in [2.45, 2.75) is 31.7 Å². The van der Waals surface area contributed by atoms with Crippen LogP contribution in [0.1, 0.15) is 36.0 Å². The molecule has 0 aliphatic carbocycles. The van der Waals surface area contributed by atoms with Crippen molar-refractivity contribution in [1.82, 2.24) is 14.8 Å². The second-order valence-corrected chi connectivity index (χ2v) is 6.98. The molecule has 25 heavy (non-hydrogen) atoms. The Labute approximate surface area is 145 Å². The van der Waals surface area contributed by atoms with E-state index in [-0.39, 0.29) is 11.6 Å². The smallest absolute Gasteiger partial charge is 0.270 e. The number of aromatic amines is 1. The Balaban J connectivity index is 1.58. The lowest BCUT2D eigenvalue weighted by Crippen LogP contribution is -2.48. The van der Waals surface area contributed by atoms with Crippen LogP contribution in [0.2, 0.25) is 0 Å². The van der Waals surface area contributed by atoms with Crippen LogP contribution in [0.15, 0.2) is 24.4 Å². The van der Waals surface area contributed by atoms with Crippen LogP contribution in [0.5, 0.6) is 0 Å². The van der Waals surface area contributed by atoms with Gasteiger partial charge in [0.2, 0.25) is 0 Å². The first-order valence-corrected chi connectivity index (χ1v) is 8.92. The third-order valence-electron chi connectivity index (χ3n) is 5.45. The van der Waals surface area contributed by atoms with E-state index in [1.807, 2.05) is 4.90 Å². The minimum absolute atomic E-state index is 0.00902. The van der Waals surface area contributed by atoms with Crippen LogP contribution in [0, 0.1) is 10.1 Å². The second-order valence-electron chi connectivity index (χ2n) is 6.98. The van der Waals surface area contributed by atoms with Gasteiger partial charge in [-0.15, -0.1) is 0 Å². The van der Waals surface area contributed by atoms with Gasteiger partial charge in [-0.2, -0.15) is 0 Å². The molecule has 2 aliphatic rings. The highest BCUT2D eigenvalue weighted by Gasteiger charge is 2.30. The summed E-state index contributed by atoms with van der Waals surface area (Å²) in [6, 6.07) is 5.05. The van der Waals surface area contributed by atoms with Gasteiger partial charge in [0.25, 0.3) is 11.6 Å². The van der Waals surface area contributed by atoms with Gasteiger partial charge < -0.3 is 9.88 Å². The summed E-state index contributed by atoms with van der Waals surface area (Å²) in [5.41, 5.74) is 1.29. The molecule has 7 heteroatoms. The van der Waals surface area contributed by atoms with Gasteiger partial charge in [-0.05, 0) is 44.8 Å². The third-order valence-corrected chi connectivity index (χ3v) is 5.45. The number of aromatic nitrogens is 1. The molecular formula is C18H22N4O3. The molecule has 3 heterocycles. The lowest BCUT2D eigenvalue weighted by molar-refractivity contribution is -0.384. The average molecular weight is 342 g/mol. The first kappa shape index (κ1) is 16.1. The number of nitro benzene ring substituents is 1. The molecule has 2 aliphatic heterocycles. The molecule has 2 fully saturated rings. The number of amides is 1. The highest BCUT2D eigenvalue weighted by molar-refractivity contribution is 6.07. The number of likely N-dealkylation sites (tertiary alicyclic amines) is 2. The summed E-state index contributed by atoms with van der Waals surface area (Å²) in [4.78, 5) is 31.1. The molecule has 1 amide bonds. The maximum atomic E-state index is 13.0. The summed E-state index contributed by atoms with van der Waals surface area (Å²) >= 11 is 0. The summed E-state index contributed by atoms with van der Waals surface area (Å²) in [5.74, 6) is -0.0318. The lowest BCUT2D eigenvalue weighted by Gasteiger charge is -2.37. The summed E-state index contributed by atoms with van der Waals surface area (Å²) < 4.78 is 0. The number of hydrogen-bond donors (Lipinski definition) is 1. The molecule has 1 N–H and O–H groups in total. The van der Waals surface area contributed by atoms with Crippen molar-refractivity contribution >= 4 is 22.5 Å². The number of piperidine rings is 1. The summed E-state index contributed by atoms with van der Waals surface area (Å²) in [7, 11) is 0. The zero-order valence-corrected chi connectivity index (χ0v) is 14.1. The van der Waals surface area contributed by atoms with Crippen LogP contribution >= 0.6 is 0 Å². The molecule has 0 spiro atoms. The number of rotatable bonds is 3. The fraction of sp³-hybridized carbons (Fsp3) is 0.500. The molecule has 1 atom stereocenters. The van der Waals surface area contributed by atoms with Gasteiger partial charge in [0.15, 0.2) is 0 Å². The Morgan fingerprint density at radius 1 is 1.20 bits per heavy atom. The largest absolute Gasteiger partial charge is 0.360 e. The molecule has 0 unspecified atom stereocenters. The zero-order chi connectivity index (χ0) is 17.4. The molecule has 0 radical (unpaired) electrons. The average Bonchev–Trinajstić information content (AvgIpc) is 3.30. The molecule has 1 aromatic heterocycles. The quantitative estimate of drug-likeness (QED) is 0.687. The van der Waals surface area contributed by atoms with Crippen molar-refractivity contribution in [3.63, 3.8) is 0 Å². The van der Waals surface area contributed by atoms with Crippen molar-refractivity contribution in [2.24, 2.45) is 0 Å². The molecule has 7 nitrogen and oxygen atoms in total. The number of hydrogen-bond acceptors (Lipinski definition) is 4. The van der Waals surface area contributed by atoms with Crippen molar-refractivity contribution in [3.05, 3.63) is 40.1 Å². The number of fused-ring (bicyclic) bond motifs is 1. The van der Waals surface area contributed by atoms with Crippen LogP contribution in [0.25, 0.3) is 10.9 Å². The first-order valence-electron chi connectivity index (χ1n) is 8.92. The van der Waals surface area contributed by atoms with Crippen LogP contribution in [0.3, 0.4) is 0 Å². The number of carbonyl (C=O) groups is 1. The fourth-order valence-electron chi connectivity index (χ4n) is 4.11. The number of H-pyrrole nitrogens is 1. The van der Waals surface area contributed by atoms with Gasteiger partial charge in [-0.1, -0.05) is 0 Å². The van der Waals surface area contributed by atoms with E-state index in [1.54, 1.807) is 12.3 Å². The minimum Gasteiger partial charge on any atom is -0.360 e. The normalized spacial score (nSPS) is 21.8. The molecular weight excluding hydrogens is 320 g/mol. The Bertz CT molecular complexity index is 810. The summed E-state index contributed by atoms with van der Waals surface area (Å²) in [6.45, 7) is 3.77. The van der Waals surface area contributed by atoms with E-state index >= 15 is 0 Å². The van der Waals surface area contributed by atoms with Crippen molar-refractivity contribution < 1.29 is 9.72 Å². The van der Waals surface area contributed by atoms with E-state index in [0.717, 1.165) is 44.5 Å². The van der Waals surface area contributed by atoms with Crippen molar-refractivity contribution in [2.75, 3.05) is 26.2 Å². The van der Waals surface area contributed by atoms with Crippen LogP contribution in [-0.4, -0.2) is 57.8 Å². The zero-order valence-electron chi connectivity index (χ0n) is 14.1. The minimum atomic E-state index is -0.426. The number of nitro groups is 1. The standard InChI is InChI=1S/C18H22N4O3/c23-18(21-9-3-4-14(12-21)20-7-1-2-8-20)16-11-19-17-6-5-13(22(24)25)10-15(16)17/h5-6,10-11,14,19H,1-4,7-9,12H2/t14-/m0/s1. The van der Waals surface area contributed by atoms with Crippen LogP contribution in [-0.2, 0) is 0 Å². The maximum absolute atomic E-state index is 13.0. The molecule has 0 saturated carbocycles. The van der Waals surface area contributed by atoms with Gasteiger partial charge in [0.1, 0.15) is 0 Å². The number of nitrogens with zero attached hydrogens (tertiary/aromatic N) is 3. The Kier molecular flexibility index (Phi) is 4.17.